The molecule has 10 nitrogen and oxygen atoms in total. The zero-order valence-corrected chi connectivity index (χ0v) is 14.9. The number of carbonyl (C=O) groups is 3. The summed E-state index contributed by atoms with van der Waals surface area (Å²) in [5.41, 5.74) is 2.09. The maximum atomic E-state index is 11.6. The summed E-state index contributed by atoms with van der Waals surface area (Å²) in [5, 5.41) is 13.5. The van der Waals surface area contributed by atoms with Crippen LogP contribution in [-0.4, -0.2) is 29.8 Å². The predicted octanol–water partition coefficient (Wildman–Crippen LogP) is 1.36. The topological polar surface area (TPSA) is 154 Å². The molecule has 1 aliphatic carbocycles. The molecule has 1 aromatic carbocycles. The fourth-order valence-electron chi connectivity index (χ4n) is 3.32. The second kappa shape index (κ2) is 9.08. The minimum atomic E-state index is -1.10. The summed E-state index contributed by atoms with van der Waals surface area (Å²) >= 11 is 0. The average Bonchev–Trinajstić information content (AvgIpc) is 2.67. The third-order valence-electron chi connectivity index (χ3n) is 4.81. The number of hydrogen-bond acceptors (Lipinski definition) is 7. The van der Waals surface area contributed by atoms with Gasteiger partial charge in [0.1, 0.15) is 5.69 Å². The Kier molecular flexibility index (Phi) is 6.83. The van der Waals surface area contributed by atoms with Crippen molar-refractivity contribution in [3.63, 3.8) is 0 Å². The minimum Gasteiger partial charge on any atom is -0.469 e. The number of nitrogens with zero attached hydrogens (tertiary/aromatic N) is 1. The molecule has 1 saturated carbocycles. The van der Waals surface area contributed by atoms with E-state index in [2.05, 4.69) is 5.32 Å². The molecule has 0 aliphatic heterocycles. The van der Waals surface area contributed by atoms with Crippen molar-refractivity contribution in [3.05, 3.63) is 33.9 Å². The molecular formula is C17H22N4O6. The largest absolute Gasteiger partial charge is 0.469 e. The third kappa shape index (κ3) is 5.23. The molecular weight excluding hydrogens is 356 g/mol. The zero-order chi connectivity index (χ0) is 20.0. The van der Waals surface area contributed by atoms with Crippen molar-refractivity contribution in [1.29, 1.82) is 0 Å². The van der Waals surface area contributed by atoms with Crippen molar-refractivity contribution in [2.24, 2.45) is 11.8 Å². The molecule has 0 atom stereocenters. The second-order valence-electron chi connectivity index (χ2n) is 6.46. The van der Waals surface area contributed by atoms with Gasteiger partial charge < -0.3 is 10.1 Å². The lowest BCUT2D eigenvalue weighted by atomic mass is 9.77. The van der Waals surface area contributed by atoms with E-state index >= 15 is 0 Å². The van der Waals surface area contributed by atoms with Crippen LogP contribution in [-0.2, 0) is 19.1 Å². The number of nitrogens with one attached hydrogen (secondary N) is 2. The number of methoxy groups -OCH3 is 1. The summed E-state index contributed by atoms with van der Waals surface area (Å²) in [6.45, 7) is 0. The van der Waals surface area contributed by atoms with Gasteiger partial charge in [0, 0.05) is 12.5 Å². The Bertz CT molecular complexity index is 743. The number of carbonyl (C=O) groups excluding carboxylic acids is 3. The summed E-state index contributed by atoms with van der Waals surface area (Å²) in [6, 6.07) is 4.53. The SMILES string of the molecule is COC(=O)CC1CCC(c2ccc(NC(=O)C(=O)NN)c([N+](=O)[O-])c2)CC1. The first kappa shape index (κ1) is 20.3. The second-order valence-corrected chi connectivity index (χ2v) is 6.46. The van der Waals surface area contributed by atoms with Crippen molar-refractivity contribution < 1.29 is 24.0 Å². The van der Waals surface area contributed by atoms with E-state index in [1.165, 1.54) is 19.2 Å². The first-order valence-electron chi connectivity index (χ1n) is 8.52. The lowest BCUT2D eigenvalue weighted by Gasteiger charge is -2.28. The summed E-state index contributed by atoms with van der Waals surface area (Å²) in [7, 11) is 1.37. The molecule has 10 heteroatoms. The number of nitro benzene ring substituents is 1. The van der Waals surface area contributed by atoms with Gasteiger partial charge in [0.05, 0.1) is 12.0 Å². The van der Waals surface area contributed by atoms with Crippen LogP contribution in [0.5, 0.6) is 0 Å². The van der Waals surface area contributed by atoms with Crippen LogP contribution >= 0.6 is 0 Å². The molecule has 1 fully saturated rings. The molecule has 2 amide bonds. The van der Waals surface area contributed by atoms with Crippen LogP contribution in [0, 0.1) is 16.0 Å². The van der Waals surface area contributed by atoms with Crippen LogP contribution in [0.25, 0.3) is 0 Å². The van der Waals surface area contributed by atoms with Gasteiger partial charge in [-0.25, -0.2) is 5.84 Å². The fourth-order valence-corrected chi connectivity index (χ4v) is 3.32. The molecule has 0 aromatic heterocycles. The van der Waals surface area contributed by atoms with E-state index in [0.717, 1.165) is 31.2 Å². The molecule has 4 N–H and O–H groups in total. The van der Waals surface area contributed by atoms with Crippen LogP contribution in [0.1, 0.15) is 43.6 Å². The lowest BCUT2D eigenvalue weighted by Crippen LogP contribution is -2.39. The highest BCUT2D eigenvalue weighted by Crippen LogP contribution is 2.39. The number of nitrogens with two attached hydrogens (primary N) is 1. The van der Waals surface area contributed by atoms with Crippen LogP contribution in [0.4, 0.5) is 11.4 Å². The van der Waals surface area contributed by atoms with Crippen LogP contribution < -0.4 is 16.6 Å². The Hall–Kier alpha value is -3.01. The van der Waals surface area contributed by atoms with Crippen molar-refractivity contribution in [2.45, 2.75) is 38.0 Å². The van der Waals surface area contributed by atoms with E-state index in [-0.39, 0.29) is 29.2 Å². The van der Waals surface area contributed by atoms with E-state index in [9.17, 15) is 24.5 Å². The molecule has 27 heavy (non-hydrogen) atoms. The molecule has 1 aromatic rings. The lowest BCUT2D eigenvalue weighted by molar-refractivity contribution is -0.384. The Morgan fingerprint density at radius 1 is 1.22 bits per heavy atom. The number of rotatable bonds is 5. The van der Waals surface area contributed by atoms with Crippen molar-refractivity contribution in [1.82, 2.24) is 5.43 Å². The van der Waals surface area contributed by atoms with Gasteiger partial charge in [0.25, 0.3) is 5.69 Å². The fraction of sp³-hybridized carbons (Fsp3) is 0.471. The molecule has 2 rings (SSSR count). The summed E-state index contributed by atoms with van der Waals surface area (Å²) in [5.74, 6) is 2.86. The van der Waals surface area contributed by atoms with Crippen molar-refractivity contribution >= 4 is 29.2 Å². The molecule has 0 bridgehead atoms. The van der Waals surface area contributed by atoms with Gasteiger partial charge in [0.2, 0.25) is 0 Å². The normalized spacial score (nSPS) is 19.0. The quantitative estimate of drug-likeness (QED) is 0.174. The predicted molar refractivity (Wildman–Crippen MR) is 95.4 cm³/mol. The average molecular weight is 378 g/mol. The van der Waals surface area contributed by atoms with E-state index in [1.807, 2.05) is 0 Å². The van der Waals surface area contributed by atoms with Crippen LogP contribution in [0.15, 0.2) is 18.2 Å². The number of amides is 2. The summed E-state index contributed by atoms with van der Waals surface area (Å²) in [6.07, 6.45) is 3.67. The highest BCUT2D eigenvalue weighted by molar-refractivity contribution is 6.39. The van der Waals surface area contributed by atoms with Gasteiger partial charge >= 0.3 is 17.8 Å². The number of benzene rings is 1. The molecule has 0 radical (unpaired) electrons. The number of nitro groups is 1. The highest BCUT2D eigenvalue weighted by Gasteiger charge is 2.27. The van der Waals surface area contributed by atoms with Gasteiger partial charge in [-0.2, -0.15) is 0 Å². The van der Waals surface area contributed by atoms with Gasteiger partial charge in [0.15, 0.2) is 0 Å². The smallest absolute Gasteiger partial charge is 0.323 e. The third-order valence-corrected chi connectivity index (χ3v) is 4.81. The molecule has 0 heterocycles. The first-order chi connectivity index (χ1) is 12.8. The van der Waals surface area contributed by atoms with E-state index in [1.54, 1.807) is 11.5 Å². The number of ether oxygens (including phenoxy) is 1. The van der Waals surface area contributed by atoms with Crippen LogP contribution in [0.2, 0.25) is 0 Å². The molecule has 146 valence electrons. The van der Waals surface area contributed by atoms with E-state index in [4.69, 9.17) is 10.6 Å². The Morgan fingerprint density at radius 2 is 1.89 bits per heavy atom. The number of hydrogen-bond donors (Lipinski definition) is 3. The standard InChI is InChI=1S/C17H22N4O6/c1-27-15(22)8-10-2-4-11(5-3-10)12-6-7-13(14(9-12)21(25)26)19-16(23)17(24)20-18/h6-7,9-11H,2-5,8,18H2,1H3,(H,19,23)(H,20,24). The Balaban J connectivity index is 2.10. The number of esters is 1. The molecule has 0 spiro atoms. The summed E-state index contributed by atoms with van der Waals surface area (Å²) < 4.78 is 4.69. The first-order valence-corrected chi connectivity index (χ1v) is 8.52. The minimum absolute atomic E-state index is 0.0725. The maximum absolute atomic E-state index is 11.6. The number of anilines is 1. The molecule has 1 aliphatic rings. The van der Waals surface area contributed by atoms with Crippen LogP contribution in [0.3, 0.4) is 0 Å². The molecule has 0 saturated heterocycles. The van der Waals surface area contributed by atoms with Gasteiger partial charge in [-0.3, -0.25) is 29.9 Å². The monoisotopic (exact) mass is 378 g/mol. The van der Waals surface area contributed by atoms with Crippen molar-refractivity contribution in [3.8, 4) is 0 Å². The van der Waals surface area contributed by atoms with E-state index < -0.39 is 16.7 Å². The number of hydrazine groups is 1. The highest BCUT2D eigenvalue weighted by atomic mass is 16.6. The van der Waals surface area contributed by atoms with Gasteiger partial charge in [-0.1, -0.05) is 6.07 Å². The summed E-state index contributed by atoms with van der Waals surface area (Å²) in [4.78, 5) is 44.9. The maximum Gasteiger partial charge on any atom is 0.323 e. The van der Waals surface area contributed by atoms with Gasteiger partial charge in [-0.05, 0) is 49.1 Å². The van der Waals surface area contributed by atoms with Gasteiger partial charge in [-0.15, -0.1) is 0 Å². The Morgan fingerprint density at radius 3 is 2.44 bits per heavy atom. The van der Waals surface area contributed by atoms with E-state index in [0.29, 0.717) is 6.42 Å². The molecule has 0 unspecified atom stereocenters. The zero-order valence-electron chi connectivity index (χ0n) is 14.9. The Labute approximate surface area is 155 Å². The van der Waals surface area contributed by atoms with Crippen molar-refractivity contribution in [2.75, 3.05) is 12.4 Å².